The summed E-state index contributed by atoms with van der Waals surface area (Å²) in [4.78, 5) is 12.2. The number of carbonyl (C=O) groups excluding carboxylic acids is 1. The first-order valence-corrected chi connectivity index (χ1v) is 11.2. The summed E-state index contributed by atoms with van der Waals surface area (Å²) in [6, 6.07) is 11.2. The van der Waals surface area contributed by atoms with Crippen molar-refractivity contribution in [3.8, 4) is 5.69 Å². The highest BCUT2D eigenvalue weighted by Gasteiger charge is 2.33. The lowest BCUT2D eigenvalue weighted by Crippen LogP contribution is -2.41. The van der Waals surface area contributed by atoms with Crippen molar-refractivity contribution in [2.75, 3.05) is 18.4 Å². The minimum Gasteiger partial charge on any atom is -0.326 e. The Morgan fingerprint density at radius 3 is 2.42 bits per heavy atom. The van der Waals surface area contributed by atoms with Crippen LogP contribution in [0.15, 0.2) is 65.8 Å². The molecule has 0 radical (unpaired) electrons. The molecule has 0 spiro atoms. The van der Waals surface area contributed by atoms with E-state index in [0.717, 1.165) is 6.07 Å². The summed E-state index contributed by atoms with van der Waals surface area (Å²) in [5, 5.41) is 6.66. The van der Waals surface area contributed by atoms with Crippen molar-refractivity contribution in [1.29, 1.82) is 0 Å². The van der Waals surface area contributed by atoms with Gasteiger partial charge < -0.3 is 5.32 Å². The van der Waals surface area contributed by atoms with Gasteiger partial charge in [-0.2, -0.15) is 9.40 Å². The summed E-state index contributed by atoms with van der Waals surface area (Å²) < 4.78 is 56.2. The molecule has 162 valence electrons. The van der Waals surface area contributed by atoms with Gasteiger partial charge in [0.05, 0.1) is 0 Å². The van der Waals surface area contributed by atoms with Gasteiger partial charge in [-0.25, -0.2) is 21.9 Å². The second-order valence-electron chi connectivity index (χ2n) is 7.21. The van der Waals surface area contributed by atoms with Crippen LogP contribution in [0.1, 0.15) is 12.8 Å². The molecular formula is C21H20F2N4O3S. The zero-order valence-corrected chi connectivity index (χ0v) is 17.2. The number of sulfonamides is 1. The molecule has 7 nitrogen and oxygen atoms in total. The maximum Gasteiger partial charge on any atom is 0.245 e. The number of nitrogens with one attached hydrogen (secondary N) is 1. The Balaban J connectivity index is 1.39. The van der Waals surface area contributed by atoms with Crippen LogP contribution in [0.25, 0.3) is 5.69 Å². The van der Waals surface area contributed by atoms with Crippen molar-refractivity contribution in [2.24, 2.45) is 5.92 Å². The van der Waals surface area contributed by atoms with Gasteiger partial charge in [-0.1, -0.05) is 12.1 Å². The number of carbonyl (C=O) groups is 1. The van der Waals surface area contributed by atoms with Crippen LogP contribution >= 0.6 is 0 Å². The summed E-state index contributed by atoms with van der Waals surface area (Å²) in [6.07, 6.45) is 3.72. The third kappa shape index (κ3) is 4.35. The van der Waals surface area contributed by atoms with Gasteiger partial charge in [0.25, 0.3) is 0 Å². The molecule has 0 saturated carbocycles. The molecule has 1 aliphatic heterocycles. The second-order valence-corrected chi connectivity index (χ2v) is 9.12. The molecular weight excluding hydrogens is 426 g/mol. The standard InChI is InChI=1S/C21H20F2N4O3S/c22-17-4-1-2-5-20(17)31(29,30)26-12-8-15(9-13-26)21(28)25-16-6-7-19(18(23)14-16)27-11-3-10-24-27/h1-7,10-11,14-15H,8-9,12-13H2,(H,25,28). The average Bonchev–Trinajstić information content (AvgIpc) is 3.28. The number of amides is 1. The van der Waals surface area contributed by atoms with E-state index in [1.165, 1.54) is 45.5 Å². The summed E-state index contributed by atoms with van der Waals surface area (Å²) in [5.74, 6) is -2.08. The monoisotopic (exact) mass is 446 g/mol. The predicted molar refractivity (Wildman–Crippen MR) is 110 cm³/mol. The van der Waals surface area contributed by atoms with Crippen molar-refractivity contribution in [1.82, 2.24) is 14.1 Å². The minimum absolute atomic E-state index is 0.0986. The second kappa shape index (κ2) is 8.56. The smallest absolute Gasteiger partial charge is 0.245 e. The summed E-state index contributed by atoms with van der Waals surface area (Å²) in [7, 11) is -3.96. The van der Waals surface area contributed by atoms with Crippen LogP contribution in [0.5, 0.6) is 0 Å². The van der Waals surface area contributed by atoms with Crippen molar-refractivity contribution in [3.05, 3.63) is 72.6 Å². The van der Waals surface area contributed by atoms with E-state index in [2.05, 4.69) is 10.4 Å². The quantitative estimate of drug-likeness (QED) is 0.653. The van der Waals surface area contributed by atoms with E-state index >= 15 is 0 Å². The Morgan fingerprint density at radius 2 is 1.77 bits per heavy atom. The molecule has 1 aromatic heterocycles. The summed E-state index contributed by atoms with van der Waals surface area (Å²) >= 11 is 0. The molecule has 10 heteroatoms. The third-order valence-corrected chi connectivity index (χ3v) is 7.18. The first kappa shape index (κ1) is 21.1. The molecule has 2 heterocycles. The fourth-order valence-corrected chi connectivity index (χ4v) is 5.11. The Morgan fingerprint density at radius 1 is 1.03 bits per heavy atom. The maximum atomic E-state index is 14.4. The highest BCUT2D eigenvalue weighted by atomic mass is 32.2. The highest BCUT2D eigenvalue weighted by Crippen LogP contribution is 2.26. The number of hydrogen-bond donors (Lipinski definition) is 1. The largest absolute Gasteiger partial charge is 0.326 e. The fraction of sp³-hybridized carbons (Fsp3) is 0.238. The van der Waals surface area contributed by atoms with Gasteiger partial charge in [0, 0.05) is 37.1 Å². The van der Waals surface area contributed by atoms with Crippen molar-refractivity contribution in [2.45, 2.75) is 17.7 Å². The van der Waals surface area contributed by atoms with E-state index < -0.39 is 27.6 Å². The van der Waals surface area contributed by atoms with Gasteiger partial charge >= 0.3 is 0 Å². The van der Waals surface area contributed by atoms with Crippen LogP contribution in [0.2, 0.25) is 0 Å². The molecule has 4 rings (SSSR count). The van der Waals surface area contributed by atoms with Crippen molar-refractivity contribution < 1.29 is 22.0 Å². The molecule has 1 saturated heterocycles. The Kier molecular flexibility index (Phi) is 5.84. The lowest BCUT2D eigenvalue weighted by Gasteiger charge is -2.30. The number of halogens is 2. The van der Waals surface area contributed by atoms with Gasteiger partial charge in [-0.15, -0.1) is 0 Å². The molecule has 0 bridgehead atoms. The number of hydrogen-bond acceptors (Lipinski definition) is 4. The zero-order chi connectivity index (χ0) is 22.0. The highest BCUT2D eigenvalue weighted by molar-refractivity contribution is 7.89. The molecule has 0 atom stereocenters. The third-order valence-electron chi connectivity index (χ3n) is 5.25. The van der Waals surface area contributed by atoms with E-state index in [1.807, 2.05) is 0 Å². The van der Waals surface area contributed by atoms with Gasteiger partial charge in [0.1, 0.15) is 16.4 Å². The first-order chi connectivity index (χ1) is 14.9. The number of aromatic nitrogens is 2. The molecule has 0 aliphatic carbocycles. The Hall–Kier alpha value is -3.11. The lowest BCUT2D eigenvalue weighted by molar-refractivity contribution is -0.120. The first-order valence-electron chi connectivity index (χ1n) is 9.71. The van der Waals surface area contributed by atoms with Crippen LogP contribution in [0, 0.1) is 17.6 Å². The molecule has 1 fully saturated rings. The molecule has 1 aliphatic rings. The maximum absolute atomic E-state index is 14.4. The van der Waals surface area contributed by atoms with Gasteiger partial charge in [0.15, 0.2) is 5.82 Å². The number of rotatable bonds is 5. The predicted octanol–water partition coefficient (Wildman–Crippen LogP) is 3.19. The van der Waals surface area contributed by atoms with Gasteiger partial charge in [-0.3, -0.25) is 4.79 Å². The van der Waals surface area contributed by atoms with Crippen LogP contribution in [0.4, 0.5) is 14.5 Å². The van der Waals surface area contributed by atoms with E-state index in [-0.39, 0.29) is 42.4 Å². The van der Waals surface area contributed by atoms with Crippen LogP contribution in [-0.2, 0) is 14.8 Å². The zero-order valence-electron chi connectivity index (χ0n) is 16.4. The minimum atomic E-state index is -3.96. The molecule has 2 aromatic carbocycles. The molecule has 3 aromatic rings. The van der Waals surface area contributed by atoms with Crippen molar-refractivity contribution in [3.63, 3.8) is 0 Å². The summed E-state index contributed by atoms with van der Waals surface area (Å²) in [5.41, 5.74) is 0.564. The number of benzene rings is 2. The lowest BCUT2D eigenvalue weighted by atomic mass is 9.97. The molecule has 0 unspecified atom stereocenters. The van der Waals surface area contributed by atoms with E-state index in [0.29, 0.717) is 5.69 Å². The summed E-state index contributed by atoms with van der Waals surface area (Å²) in [6.45, 7) is 0.197. The normalized spacial score (nSPS) is 15.7. The van der Waals surface area contributed by atoms with Crippen molar-refractivity contribution >= 4 is 21.6 Å². The molecule has 31 heavy (non-hydrogen) atoms. The Labute approximate surface area is 178 Å². The SMILES string of the molecule is O=C(Nc1ccc(-n2cccn2)c(F)c1)C1CCN(S(=O)(=O)c2ccccc2F)CC1. The molecule has 1 N–H and O–H groups in total. The van der Waals surface area contributed by atoms with Crippen LogP contribution in [-0.4, -0.2) is 41.5 Å². The van der Waals surface area contributed by atoms with Gasteiger partial charge in [-0.05, 0) is 49.2 Å². The van der Waals surface area contributed by atoms with Crippen LogP contribution < -0.4 is 5.32 Å². The number of nitrogens with zero attached hydrogens (tertiary/aromatic N) is 3. The fourth-order valence-electron chi connectivity index (χ4n) is 3.58. The van der Waals surface area contributed by atoms with E-state index in [9.17, 15) is 22.0 Å². The van der Waals surface area contributed by atoms with E-state index in [1.54, 1.807) is 18.3 Å². The Bertz CT molecular complexity index is 1190. The topological polar surface area (TPSA) is 84.3 Å². The molecule has 1 amide bonds. The van der Waals surface area contributed by atoms with Gasteiger partial charge in [0.2, 0.25) is 15.9 Å². The van der Waals surface area contributed by atoms with E-state index in [4.69, 9.17) is 0 Å². The number of anilines is 1. The number of piperidine rings is 1. The average molecular weight is 446 g/mol. The van der Waals surface area contributed by atoms with Crippen LogP contribution in [0.3, 0.4) is 0 Å².